The van der Waals surface area contributed by atoms with Gasteiger partial charge in [-0.1, -0.05) is 41.9 Å². The SMILES string of the molecule is OC(c1cccc(Cl)c1)c1cccc2cnccc12. The predicted molar refractivity (Wildman–Crippen MR) is 77.3 cm³/mol. The summed E-state index contributed by atoms with van der Waals surface area (Å²) >= 11 is 5.97. The van der Waals surface area contributed by atoms with Gasteiger partial charge in [-0.2, -0.15) is 0 Å². The molecule has 0 aliphatic carbocycles. The Balaban J connectivity index is 2.14. The molecular weight excluding hydrogens is 258 g/mol. The number of aromatic nitrogens is 1. The van der Waals surface area contributed by atoms with Crippen molar-refractivity contribution in [2.75, 3.05) is 0 Å². The van der Waals surface area contributed by atoms with Crippen molar-refractivity contribution in [3.05, 3.63) is 77.1 Å². The van der Waals surface area contributed by atoms with E-state index in [1.54, 1.807) is 24.5 Å². The minimum absolute atomic E-state index is 0.624. The first-order chi connectivity index (χ1) is 9.25. The van der Waals surface area contributed by atoms with Crippen LogP contribution in [0, 0.1) is 0 Å². The van der Waals surface area contributed by atoms with Crippen LogP contribution in [0.3, 0.4) is 0 Å². The molecule has 2 aromatic carbocycles. The van der Waals surface area contributed by atoms with E-state index < -0.39 is 6.10 Å². The molecule has 19 heavy (non-hydrogen) atoms. The van der Waals surface area contributed by atoms with Gasteiger partial charge in [-0.3, -0.25) is 4.98 Å². The molecule has 1 atom stereocenters. The molecule has 3 heteroatoms. The fraction of sp³-hybridized carbons (Fsp3) is 0.0625. The average molecular weight is 270 g/mol. The standard InChI is InChI=1S/C16H12ClNO/c17-13-5-1-3-11(9-13)16(19)15-6-2-4-12-10-18-8-7-14(12)15/h1-10,16,19H. The van der Waals surface area contributed by atoms with Crippen molar-refractivity contribution in [2.24, 2.45) is 0 Å². The van der Waals surface area contributed by atoms with Crippen molar-refractivity contribution in [3.8, 4) is 0 Å². The molecule has 3 aromatic rings. The van der Waals surface area contributed by atoms with Gasteiger partial charge in [-0.25, -0.2) is 0 Å². The van der Waals surface area contributed by atoms with E-state index in [0.717, 1.165) is 21.9 Å². The van der Waals surface area contributed by atoms with Crippen molar-refractivity contribution in [1.29, 1.82) is 0 Å². The summed E-state index contributed by atoms with van der Waals surface area (Å²) in [7, 11) is 0. The summed E-state index contributed by atoms with van der Waals surface area (Å²) in [6.07, 6.45) is 2.84. The number of aliphatic hydroxyl groups is 1. The van der Waals surface area contributed by atoms with E-state index in [1.807, 2.05) is 36.4 Å². The average Bonchev–Trinajstić information content (AvgIpc) is 2.46. The van der Waals surface area contributed by atoms with Crippen LogP contribution in [0.25, 0.3) is 10.8 Å². The van der Waals surface area contributed by atoms with Crippen LogP contribution in [-0.4, -0.2) is 10.1 Å². The molecule has 0 bridgehead atoms. The number of hydrogen-bond donors (Lipinski definition) is 1. The molecule has 1 N–H and O–H groups in total. The van der Waals surface area contributed by atoms with Gasteiger partial charge in [0.05, 0.1) is 0 Å². The van der Waals surface area contributed by atoms with Crippen molar-refractivity contribution >= 4 is 22.4 Å². The van der Waals surface area contributed by atoms with Gasteiger partial charge >= 0.3 is 0 Å². The van der Waals surface area contributed by atoms with E-state index >= 15 is 0 Å². The maximum Gasteiger partial charge on any atom is 0.105 e. The Hall–Kier alpha value is -1.90. The highest BCUT2D eigenvalue weighted by atomic mass is 35.5. The smallest absolute Gasteiger partial charge is 0.105 e. The van der Waals surface area contributed by atoms with Crippen LogP contribution in [0.5, 0.6) is 0 Å². The number of fused-ring (bicyclic) bond motifs is 1. The van der Waals surface area contributed by atoms with Crippen LogP contribution in [0.4, 0.5) is 0 Å². The molecule has 0 aliphatic rings. The van der Waals surface area contributed by atoms with Gasteiger partial charge in [0.2, 0.25) is 0 Å². The van der Waals surface area contributed by atoms with Crippen molar-refractivity contribution in [3.63, 3.8) is 0 Å². The normalized spacial score (nSPS) is 12.5. The Morgan fingerprint density at radius 1 is 1.05 bits per heavy atom. The van der Waals surface area contributed by atoms with Gasteiger partial charge in [-0.15, -0.1) is 0 Å². The second-order valence-electron chi connectivity index (χ2n) is 4.40. The van der Waals surface area contributed by atoms with Crippen LogP contribution in [0.1, 0.15) is 17.2 Å². The van der Waals surface area contributed by atoms with Crippen LogP contribution >= 0.6 is 11.6 Å². The van der Waals surface area contributed by atoms with Crippen LogP contribution in [-0.2, 0) is 0 Å². The molecule has 0 saturated carbocycles. The molecular formula is C16H12ClNO. The lowest BCUT2D eigenvalue weighted by Crippen LogP contribution is -2.00. The van der Waals surface area contributed by atoms with Gasteiger partial charge in [0.15, 0.2) is 0 Å². The first kappa shape index (κ1) is 12.2. The van der Waals surface area contributed by atoms with Crippen molar-refractivity contribution < 1.29 is 5.11 Å². The molecule has 0 saturated heterocycles. The highest BCUT2D eigenvalue weighted by Crippen LogP contribution is 2.29. The Morgan fingerprint density at radius 3 is 2.74 bits per heavy atom. The molecule has 0 fully saturated rings. The van der Waals surface area contributed by atoms with E-state index in [2.05, 4.69) is 4.98 Å². The van der Waals surface area contributed by atoms with Crippen LogP contribution < -0.4 is 0 Å². The fourth-order valence-electron chi connectivity index (χ4n) is 2.24. The minimum atomic E-state index is -0.690. The molecule has 0 radical (unpaired) electrons. The zero-order valence-corrected chi connectivity index (χ0v) is 10.9. The Bertz CT molecular complexity index is 721. The Kier molecular flexibility index (Phi) is 3.20. The van der Waals surface area contributed by atoms with E-state index in [9.17, 15) is 5.11 Å². The number of pyridine rings is 1. The van der Waals surface area contributed by atoms with Crippen molar-refractivity contribution in [1.82, 2.24) is 4.98 Å². The monoisotopic (exact) mass is 269 g/mol. The van der Waals surface area contributed by atoms with Crippen LogP contribution in [0.2, 0.25) is 5.02 Å². The second kappa shape index (κ2) is 5.00. The Labute approximate surface area is 116 Å². The summed E-state index contributed by atoms with van der Waals surface area (Å²) in [5, 5.41) is 13.2. The summed E-state index contributed by atoms with van der Waals surface area (Å²) in [4.78, 5) is 4.10. The third kappa shape index (κ3) is 2.33. The number of nitrogens with zero attached hydrogens (tertiary/aromatic N) is 1. The fourth-order valence-corrected chi connectivity index (χ4v) is 2.44. The van der Waals surface area contributed by atoms with Gasteiger partial charge < -0.3 is 5.11 Å². The van der Waals surface area contributed by atoms with Gasteiger partial charge in [0.25, 0.3) is 0 Å². The van der Waals surface area contributed by atoms with E-state index in [4.69, 9.17) is 11.6 Å². The van der Waals surface area contributed by atoms with Crippen LogP contribution in [0.15, 0.2) is 60.9 Å². The molecule has 3 rings (SSSR count). The zero-order chi connectivity index (χ0) is 13.2. The summed E-state index contributed by atoms with van der Waals surface area (Å²) in [5.74, 6) is 0. The molecule has 0 amide bonds. The van der Waals surface area contributed by atoms with Crippen molar-refractivity contribution in [2.45, 2.75) is 6.10 Å². The number of rotatable bonds is 2. The maximum atomic E-state index is 10.5. The number of benzene rings is 2. The third-order valence-corrected chi connectivity index (χ3v) is 3.41. The summed E-state index contributed by atoms with van der Waals surface area (Å²) in [5.41, 5.74) is 1.65. The first-order valence-corrected chi connectivity index (χ1v) is 6.39. The van der Waals surface area contributed by atoms with Gasteiger partial charge in [0.1, 0.15) is 6.10 Å². The minimum Gasteiger partial charge on any atom is -0.384 e. The lowest BCUT2D eigenvalue weighted by molar-refractivity contribution is 0.222. The Morgan fingerprint density at radius 2 is 1.89 bits per heavy atom. The predicted octanol–water partition coefficient (Wildman–Crippen LogP) is 3.97. The largest absolute Gasteiger partial charge is 0.384 e. The first-order valence-electron chi connectivity index (χ1n) is 6.02. The zero-order valence-electron chi connectivity index (χ0n) is 10.1. The lowest BCUT2D eigenvalue weighted by Gasteiger charge is -2.14. The third-order valence-electron chi connectivity index (χ3n) is 3.17. The molecule has 94 valence electrons. The molecule has 0 aliphatic heterocycles. The molecule has 2 nitrogen and oxygen atoms in total. The molecule has 1 unspecified atom stereocenters. The number of aliphatic hydroxyl groups excluding tert-OH is 1. The molecule has 1 heterocycles. The second-order valence-corrected chi connectivity index (χ2v) is 4.84. The molecule has 0 spiro atoms. The van der Waals surface area contributed by atoms with E-state index in [-0.39, 0.29) is 0 Å². The van der Waals surface area contributed by atoms with Gasteiger partial charge in [0, 0.05) is 22.8 Å². The van der Waals surface area contributed by atoms with E-state index in [0.29, 0.717) is 5.02 Å². The van der Waals surface area contributed by atoms with Gasteiger partial charge in [-0.05, 0) is 34.7 Å². The summed E-state index contributed by atoms with van der Waals surface area (Å²) in [6, 6.07) is 15.0. The highest BCUT2D eigenvalue weighted by Gasteiger charge is 2.13. The topological polar surface area (TPSA) is 33.1 Å². The summed E-state index contributed by atoms with van der Waals surface area (Å²) in [6.45, 7) is 0. The number of halogens is 1. The lowest BCUT2D eigenvalue weighted by atomic mass is 9.97. The summed E-state index contributed by atoms with van der Waals surface area (Å²) < 4.78 is 0. The molecule has 1 aromatic heterocycles. The van der Waals surface area contributed by atoms with E-state index in [1.165, 1.54) is 0 Å². The number of hydrogen-bond acceptors (Lipinski definition) is 2. The highest BCUT2D eigenvalue weighted by molar-refractivity contribution is 6.30. The maximum absolute atomic E-state index is 10.5. The quantitative estimate of drug-likeness (QED) is 0.764.